The number of halogens is 2. The molecule has 0 bridgehead atoms. The van der Waals surface area contributed by atoms with Crippen LogP contribution in [-0.4, -0.2) is 18.0 Å². The standard InChI is InChI=1S/C21H21ClFNO3/c1-12-10-13(2)20(14(3)11-12)24-21(26)15(4)27-19(25)9-8-16-17(22)6-5-7-18(16)23/h5-11,15H,1-4H3,(H,24,26). The lowest BCUT2D eigenvalue weighted by molar-refractivity contribution is -0.148. The number of hydrogen-bond donors (Lipinski definition) is 1. The number of hydrogen-bond acceptors (Lipinski definition) is 3. The predicted octanol–water partition coefficient (Wildman–Crippen LogP) is 4.99. The van der Waals surface area contributed by atoms with E-state index >= 15 is 0 Å². The van der Waals surface area contributed by atoms with Crippen molar-refractivity contribution in [3.63, 3.8) is 0 Å². The van der Waals surface area contributed by atoms with Crippen molar-refractivity contribution in [1.29, 1.82) is 0 Å². The third-order valence-corrected chi connectivity index (χ3v) is 4.30. The molecule has 142 valence electrons. The SMILES string of the molecule is Cc1cc(C)c(NC(=O)C(C)OC(=O)C=Cc2c(F)cccc2Cl)c(C)c1. The molecule has 2 aromatic rings. The number of carbonyl (C=O) groups is 2. The first-order valence-corrected chi connectivity index (χ1v) is 8.78. The maximum Gasteiger partial charge on any atom is 0.331 e. The molecule has 0 radical (unpaired) electrons. The average Bonchev–Trinajstić information content (AvgIpc) is 2.57. The highest BCUT2D eigenvalue weighted by atomic mass is 35.5. The fraction of sp³-hybridized carbons (Fsp3) is 0.238. The van der Waals surface area contributed by atoms with Gasteiger partial charge in [-0.05, 0) is 57.0 Å². The van der Waals surface area contributed by atoms with Gasteiger partial charge in [0.2, 0.25) is 0 Å². The summed E-state index contributed by atoms with van der Waals surface area (Å²) in [6, 6.07) is 8.13. The summed E-state index contributed by atoms with van der Waals surface area (Å²) < 4.78 is 18.8. The number of esters is 1. The van der Waals surface area contributed by atoms with E-state index in [0.29, 0.717) is 5.69 Å². The summed E-state index contributed by atoms with van der Waals surface area (Å²) in [5.74, 6) is -1.77. The molecule has 2 rings (SSSR count). The Labute approximate surface area is 163 Å². The van der Waals surface area contributed by atoms with E-state index in [1.807, 2.05) is 32.9 Å². The molecule has 27 heavy (non-hydrogen) atoms. The Morgan fingerprint density at radius 3 is 2.41 bits per heavy atom. The molecular weight excluding hydrogens is 369 g/mol. The lowest BCUT2D eigenvalue weighted by Gasteiger charge is -2.16. The Morgan fingerprint density at radius 1 is 1.19 bits per heavy atom. The molecule has 1 amide bonds. The van der Waals surface area contributed by atoms with Gasteiger partial charge in [0.15, 0.2) is 6.10 Å². The fourth-order valence-electron chi connectivity index (χ4n) is 2.69. The molecule has 0 spiro atoms. The highest BCUT2D eigenvalue weighted by molar-refractivity contribution is 6.32. The van der Waals surface area contributed by atoms with Gasteiger partial charge in [0.25, 0.3) is 5.91 Å². The summed E-state index contributed by atoms with van der Waals surface area (Å²) in [7, 11) is 0. The van der Waals surface area contributed by atoms with Crippen LogP contribution in [0.15, 0.2) is 36.4 Å². The third kappa shape index (κ3) is 5.41. The van der Waals surface area contributed by atoms with Crippen LogP contribution in [0, 0.1) is 26.6 Å². The lowest BCUT2D eigenvalue weighted by Crippen LogP contribution is -2.30. The number of amides is 1. The molecule has 0 aromatic heterocycles. The smallest absolute Gasteiger partial charge is 0.331 e. The Balaban J connectivity index is 2.02. The van der Waals surface area contributed by atoms with E-state index in [2.05, 4.69) is 5.32 Å². The summed E-state index contributed by atoms with van der Waals surface area (Å²) in [6.45, 7) is 7.24. The topological polar surface area (TPSA) is 55.4 Å². The summed E-state index contributed by atoms with van der Waals surface area (Å²) in [5, 5.41) is 2.96. The summed E-state index contributed by atoms with van der Waals surface area (Å²) >= 11 is 5.89. The zero-order valence-corrected chi connectivity index (χ0v) is 16.4. The van der Waals surface area contributed by atoms with E-state index in [1.165, 1.54) is 31.2 Å². The van der Waals surface area contributed by atoms with Crippen molar-refractivity contribution in [2.24, 2.45) is 0 Å². The molecule has 0 aliphatic rings. The Morgan fingerprint density at radius 2 is 1.81 bits per heavy atom. The van der Waals surface area contributed by atoms with Gasteiger partial charge in [-0.15, -0.1) is 0 Å². The zero-order valence-electron chi connectivity index (χ0n) is 15.6. The van der Waals surface area contributed by atoms with E-state index in [4.69, 9.17) is 16.3 Å². The van der Waals surface area contributed by atoms with Crippen molar-refractivity contribution >= 4 is 35.2 Å². The number of benzene rings is 2. The first-order valence-electron chi connectivity index (χ1n) is 8.40. The van der Waals surface area contributed by atoms with Gasteiger partial charge in [-0.25, -0.2) is 9.18 Å². The minimum absolute atomic E-state index is 0.0825. The molecule has 0 saturated heterocycles. The number of rotatable bonds is 5. The number of anilines is 1. The van der Waals surface area contributed by atoms with Crippen molar-refractivity contribution in [1.82, 2.24) is 0 Å². The van der Waals surface area contributed by atoms with Gasteiger partial charge in [0, 0.05) is 17.3 Å². The average molecular weight is 390 g/mol. The van der Waals surface area contributed by atoms with Gasteiger partial charge in [0.05, 0.1) is 5.02 Å². The first kappa shape index (κ1) is 20.6. The van der Waals surface area contributed by atoms with Crippen LogP contribution in [0.3, 0.4) is 0 Å². The second-order valence-electron chi connectivity index (χ2n) is 6.31. The van der Waals surface area contributed by atoms with E-state index in [1.54, 1.807) is 0 Å². The quantitative estimate of drug-likeness (QED) is 0.579. The Hall–Kier alpha value is -2.66. The van der Waals surface area contributed by atoms with Crippen LogP contribution in [0.2, 0.25) is 5.02 Å². The van der Waals surface area contributed by atoms with Crippen LogP contribution in [0.1, 0.15) is 29.2 Å². The first-order chi connectivity index (χ1) is 12.7. The second kappa shape index (κ2) is 8.82. The molecule has 1 unspecified atom stereocenters. The molecule has 0 aliphatic carbocycles. The second-order valence-corrected chi connectivity index (χ2v) is 6.72. The molecule has 0 saturated carbocycles. The van der Waals surface area contributed by atoms with Crippen LogP contribution < -0.4 is 5.32 Å². The molecule has 1 N–H and O–H groups in total. The van der Waals surface area contributed by atoms with Gasteiger partial charge < -0.3 is 10.1 Å². The van der Waals surface area contributed by atoms with Gasteiger partial charge in [0.1, 0.15) is 5.82 Å². The molecule has 4 nitrogen and oxygen atoms in total. The molecule has 6 heteroatoms. The largest absolute Gasteiger partial charge is 0.449 e. The van der Waals surface area contributed by atoms with Crippen LogP contribution in [0.4, 0.5) is 10.1 Å². The predicted molar refractivity (Wildman–Crippen MR) is 105 cm³/mol. The summed E-state index contributed by atoms with van der Waals surface area (Å²) in [6.07, 6.45) is 1.24. The number of ether oxygens (including phenoxy) is 1. The summed E-state index contributed by atoms with van der Waals surface area (Å²) in [4.78, 5) is 24.3. The molecule has 0 heterocycles. The van der Waals surface area contributed by atoms with E-state index < -0.39 is 23.8 Å². The fourth-order valence-corrected chi connectivity index (χ4v) is 2.92. The highest BCUT2D eigenvalue weighted by Crippen LogP contribution is 2.22. The van der Waals surface area contributed by atoms with Crippen molar-refractivity contribution < 1.29 is 18.7 Å². The van der Waals surface area contributed by atoms with Crippen molar-refractivity contribution in [2.75, 3.05) is 5.32 Å². The van der Waals surface area contributed by atoms with Crippen molar-refractivity contribution in [2.45, 2.75) is 33.8 Å². The minimum Gasteiger partial charge on any atom is -0.449 e. The number of aryl methyl sites for hydroxylation is 3. The maximum absolute atomic E-state index is 13.7. The van der Waals surface area contributed by atoms with Gasteiger partial charge >= 0.3 is 5.97 Å². The molecule has 2 aromatic carbocycles. The Bertz CT molecular complexity index is 865. The van der Waals surface area contributed by atoms with E-state index in [9.17, 15) is 14.0 Å². The molecule has 0 fully saturated rings. The minimum atomic E-state index is -1.02. The van der Waals surface area contributed by atoms with E-state index in [0.717, 1.165) is 22.8 Å². The number of carbonyl (C=O) groups excluding carboxylic acids is 2. The van der Waals surface area contributed by atoms with Crippen LogP contribution >= 0.6 is 11.6 Å². The zero-order chi connectivity index (χ0) is 20.1. The summed E-state index contributed by atoms with van der Waals surface area (Å²) in [5.41, 5.74) is 3.72. The third-order valence-electron chi connectivity index (χ3n) is 3.97. The van der Waals surface area contributed by atoms with Gasteiger partial charge in [-0.3, -0.25) is 4.79 Å². The van der Waals surface area contributed by atoms with Crippen molar-refractivity contribution in [3.05, 3.63) is 69.5 Å². The van der Waals surface area contributed by atoms with Crippen LogP contribution in [-0.2, 0) is 14.3 Å². The van der Waals surface area contributed by atoms with Crippen LogP contribution in [0.5, 0.6) is 0 Å². The molecule has 0 aliphatic heterocycles. The van der Waals surface area contributed by atoms with E-state index in [-0.39, 0.29) is 10.6 Å². The number of nitrogens with one attached hydrogen (secondary N) is 1. The van der Waals surface area contributed by atoms with Crippen molar-refractivity contribution in [3.8, 4) is 0 Å². The van der Waals surface area contributed by atoms with Crippen LogP contribution in [0.25, 0.3) is 6.08 Å². The highest BCUT2D eigenvalue weighted by Gasteiger charge is 2.18. The molecular formula is C21H21ClFNO3. The maximum atomic E-state index is 13.7. The normalized spacial score (nSPS) is 12.1. The Kier molecular flexibility index (Phi) is 6.75. The lowest BCUT2D eigenvalue weighted by atomic mass is 10.0. The van der Waals surface area contributed by atoms with Gasteiger partial charge in [-0.1, -0.05) is 35.4 Å². The van der Waals surface area contributed by atoms with Gasteiger partial charge in [-0.2, -0.15) is 0 Å². The monoisotopic (exact) mass is 389 g/mol. The molecule has 1 atom stereocenters.